The van der Waals surface area contributed by atoms with Gasteiger partial charge in [-0.1, -0.05) is 0 Å². The Balaban J connectivity index is 1.44. The highest BCUT2D eigenvalue weighted by Gasteiger charge is 2.57. The lowest BCUT2D eigenvalue weighted by atomic mass is 10.0. The van der Waals surface area contributed by atoms with Crippen molar-refractivity contribution in [3.8, 4) is 11.5 Å². The monoisotopic (exact) mass is 525 g/mol. The number of anilines is 3. The van der Waals surface area contributed by atoms with Gasteiger partial charge in [0.1, 0.15) is 22.8 Å². The zero-order valence-corrected chi connectivity index (χ0v) is 19.8. The highest BCUT2D eigenvalue weighted by molar-refractivity contribution is 6.16. The molecule has 1 saturated heterocycles. The average molecular weight is 525 g/mol. The van der Waals surface area contributed by atoms with Crippen molar-refractivity contribution >= 4 is 34.9 Å². The Morgan fingerprint density at radius 3 is 2.34 bits per heavy atom. The van der Waals surface area contributed by atoms with Crippen molar-refractivity contribution in [1.29, 1.82) is 0 Å². The van der Waals surface area contributed by atoms with E-state index in [4.69, 9.17) is 10.5 Å². The quantitative estimate of drug-likeness (QED) is 0.387. The molecule has 1 aromatic heterocycles. The molecule has 12 heteroatoms. The average Bonchev–Trinajstić information content (AvgIpc) is 3.65. The van der Waals surface area contributed by atoms with Crippen LogP contribution in [0.2, 0.25) is 0 Å². The molecule has 2 aliphatic rings. The summed E-state index contributed by atoms with van der Waals surface area (Å²) >= 11 is 0. The van der Waals surface area contributed by atoms with Crippen LogP contribution in [0, 0.1) is 28.8 Å². The van der Waals surface area contributed by atoms with Crippen LogP contribution in [-0.2, 0) is 14.4 Å². The number of nitrogens with zero attached hydrogens (tertiary/aromatic N) is 2. The van der Waals surface area contributed by atoms with Crippen LogP contribution in [-0.4, -0.2) is 35.8 Å². The molecule has 3 aromatic rings. The van der Waals surface area contributed by atoms with E-state index >= 15 is 8.78 Å². The van der Waals surface area contributed by atoms with E-state index in [1.54, 1.807) is 0 Å². The maximum absolute atomic E-state index is 15.4. The molecular weight excluding hydrogens is 503 g/mol. The lowest BCUT2D eigenvalue weighted by molar-refractivity contribution is -0.133. The van der Waals surface area contributed by atoms with Gasteiger partial charge in [-0.25, -0.2) is 18.2 Å². The summed E-state index contributed by atoms with van der Waals surface area (Å²) in [7, 11) is 0. The summed E-state index contributed by atoms with van der Waals surface area (Å²) < 4.78 is 49.6. The van der Waals surface area contributed by atoms with Crippen LogP contribution in [0.1, 0.15) is 12.8 Å². The fourth-order valence-corrected chi connectivity index (χ4v) is 4.00. The molecule has 1 aliphatic heterocycles. The lowest BCUT2D eigenvalue weighted by Gasteiger charge is -2.27. The van der Waals surface area contributed by atoms with E-state index in [1.807, 2.05) is 0 Å². The van der Waals surface area contributed by atoms with Crippen molar-refractivity contribution in [1.82, 2.24) is 10.3 Å². The lowest BCUT2D eigenvalue weighted by Crippen LogP contribution is -2.48. The number of amides is 3. The van der Waals surface area contributed by atoms with Crippen LogP contribution in [0.4, 0.5) is 30.4 Å². The third-order valence-corrected chi connectivity index (χ3v) is 6.52. The van der Waals surface area contributed by atoms with Gasteiger partial charge in [0.05, 0.1) is 11.6 Å². The molecule has 2 heterocycles. The number of ether oxygens (including phenoxy) is 1. The summed E-state index contributed by atoms with van der Waals surface area (Å²) in [6.45, 7) is 1.10. The zero-order valence-electron chi connectivity index (χ0n) is 19.8. The number of halogens is 3. The van der Waals surface area contributed by atoms with Crippen LogP contribution < -0.4 is 26.0 Å². The number of hydrogen-bond acceptors (Lipinski definition) is 6. The fraction of sp³-hybridized carbons (Fsp3) is 0.231. The van der Waals surface area contributed by atoms with Gasteiger partial charge in [0.15, 0.2) is 17.4 Å². The SMILES string of the molecule is NC(=O)C1(C(=O)N(c2ccc(F)cc2)c2cc(F)c(Oc3ccnc(NC(=O)C4CNC4)c3)cc2F)CC1. The molecule has 0 radical (unpaired) electrons. The standard InChI is InChI=1S/C26H22F3N5O4/c27-15-1-3-16(4-2-15)34(25(37)26(6-7-26)24(30)36)20-10-19(29)21(11-18(20)28)38-17-5-8-32-22(9-17)33-23(35)14-12-31-13-14/h1-5,8-11,14,31H,6-7,12-13H2,(H2,30,36)(H,32,33,35). The summed E-state index contributed by atoms with van der Waals surface area (Å²) in [6.07, 6.45) is 1.64. The largest absolute Gasteiger partial charge is 0.454 e. The predicted molar refractivity (Wildman–Crippen MR) is 130 cm³/mol. The summed E-state index contributed by atoms with van der Waals surface area (Å²) in [5, 5.41) is 5.62. The highest BCUT2D eigenvalue weighted by atomic mass is 19.1. The molecule has 38 heavy (non-hydrogen) atoms. The Kier molecular flexibility index (Phi) is 6.49. The number of pyridine rings is 1. The van der Waals surface area contributed by atoms with Gasteiger partial charge in [0.25, 0.3) is 0 Å². The minimum Gasteiger partial charge on any atom is -0.454 e. The fourth-order valence-electron chi connectivity index (χ4n) is 4.00. The first kappa shape index (κ1) is 25.2. The molecule has 0 atom stereocenters. The molecule has 196 valence electrons. The van der Waals surface area contributed by atoms with Gasteiger partial charge < -0.3 is 21.1 Å². The molecule has 0 spiro atoms. The summed E-state index contributed by atoms with van der Waals surface area (Å²) in [5.41, 5.74) is 3.39. The number of primary amides is 1. The molecule has 0 bridgehead atoms. The van der Waals surface area contributed by atoms with E-state index in [0.717, 1.165) is 29.2 Å². The third-order valence-electron chi connectivity index (χ3n) is 6.52. The van der Waals surface area contributed by atoms with Crippen molar-refractivity contribution in [2.24, 2.45) is 17.1 Å². The van der Waals surface area contributed by atoms with Crippen molar-refractivity contribution in [2.45, 2.75) is 12.8 Å². The molecule has 2 aromatic carbocycles. The number of nitrogens with two attached hydrogens (primary N) is 1. The van der Waals surface area contributed by atoms with Gasteiger partial charge in [-0.05, 0) is 43.2 Å². The second-order valence-electron chi connectivity index (χ2n) is 9.12. The van der Waals surface area contributed by atoms with Crippen LogP contribution in [0.15, 0.2) is 54.7 Å². The first-order chi connectivity index (χ1) is 18.2. The summed E-state index contributed by atoms with van der Waals surface area (Å²) in [5.74, 6) is -5.07. The number of benzene rings is 2. The van der Waals surface area contributed by atoms with Crippen LogP contribution in [0.25, 0.3) is 0 Å². The maximum atomic E-state index is 15.4. The Labute approximate surface area is 214 Å². The molecule has 5 rings (SSSR count). The smallest absolute Gasteiger partial charge is 0.247 e. The molecule has 1 aliphatic carbocycles. The van der Waals surface area contributed by atoms with Gasteiger partial charge in [-0.3, -0.25) is 19.3 Å². The minimum absolute atomic E-state index is 0.0204. The Bertz CT molecular complexity index is 1420. The summed E-state index contributed by atoms with van der Waals surface area (Å²) in [6, 6.07) is 8.75. The van der Waals surface area contributed by atoms with Crippen molar-refractivity contribution in [3.05, 3.63) is 72.2 Å². The molecule has 4 N–H and O–H groups in total. The first-order valence-corrected chi connectivity index (χ1v) is 11.7. The Morgan fingerprint density at radius 2 is 1.74 bits per heavy atom. The normalized spacial score (nSPS) is 15.8. The molecule has 3 amide bonds. The van der Waals surface area contributed by atoms with E-state index in [1.165, 1.54) is 30.5 Å². The number of aromatic nitrogens is 1. The third kappa shape index (κ3) is 4.77. The number of nitrogens with one attached hydrogen (secondary N) is 2. The topological polar surface area (TPSA) is 127 Å². The van der Waals surface area contributed by atoms with Gasteiger partial charge >= 0.3 is 0 Å². The van der Waals surface area contributed by atoms with Crippen molar-refractivity contribution in [3.63, 3.8) is 0 Å². The van der Waals surface area contributed by atoms with Crippen LogP contribution >= 0.6 is 0 Å². The van der Waals surface area contributed by atoms with Gasteiger partial charge in [-0.15, -0.1) is 0 Å². The molecule has 1 saturated carbocycles. The molecular formula is C26H22F3N5O4. The summed E-state index contributed by atoms with van der Waals surface area (Å²) in [4.78, 5) is 42.4. The van der Waals surface area contributed by atoms with Gasteiger partial charge in [0, 0.05) is 43.2 Å². The Morgan fingerprint density at radius 1 is 1.03 bits per heavy atom. The number of carbonyl (C=O) groups is 3. The van der Waals surface area contributed by atoms with Crippen molar-refractivity contribution in [2.75, 3.05) is 23.3 Å². The first-order valence-electron chi connectivity index (χ1n) is 11.7. The number of hydrogen-bond donors (Lipinski definition) is 3. The molecule has 0 unspecified atom stereocenters. The second kappa shape index (κ2) is 9.78. The molecule has 2 fully saturated rings. The predicted octanol–water partition coefficient (Wildman–Crippen LogP) is 3.38. The van der Waals surface area contributed by atoms with Gasteiger partial charge in [0.2, 0.25) is 17.7 Å². The second-order valence-corrected chi connectivity index (χ2v) is 9.12. The van der Waals surface area contributed by atoms with E-state index < -0.39 is 46.1 Å². The Hall–Kier alpha value is -4.45. The minimum atomic E-state index is -1.56. The van der Waals surface area contributed by atoms with E-state index in [9.17, 15) is 18.8 Å². The van der Waals surface area contributed by atoms with Crippen LogP contribution in [0.3, 0.4) is 0 Å². The van der Waals surface area contributed by atoms with Gasteiger partial charge in [-0.2, -0.15) is 0 Å². The zero-order chi connectivity index (χ0) is 27.0. The molecule has 9 nitrogen and oxygen atoms in total. The highest BCUT2D eigenvalue weighted by Crippen LogP contribution is 2.49. The van der Waals surface area contributed by atoms with E-state index in [0.29, 0.717) is 13.1 Å². The van der Waals surface area contributed by atoms with E-state index in [-0.39, 0.29) is 41.9 Å². The number of rotatable bonds is 8. The van der Waals surface area contributed by atoms with Crippen molar-refractivity contribution < 1.29 is 32.3 Å². The maximum Gasteiger partial charge on any atom is 0.247 e. The number of carbonyl (C=O) groups excluding carboxylic acids is 3. The van der Waals surface area contributed by atoms with Crippen LogP contribution in [0.5, 0.6) is 11.5 Å². The van der Waals surface area contributed by atoms with E-state index in [2.05, 4.69) is 15.6 Å².